The van der Waals surface area contributed by atoms with Crippen LogP contribution in [0.4, 0.5) is 0 Å². The smallest absolute Gasteiger partial charge is 0.351 e. The van der Waals surface area contributed by atoms with E-state index in [1.54, 1.807) is 58.0 Å². The minimum absolute atomic E-state index is 0.0888. The number of carbonyl (C=O) groups is 4. The van der Waals surface area contributed by atoms with E-state index in [2.05, 4.69) is 5.16 Å². The summed E-state index contributed by atoms with van der Waals surface area (Å²) in [7, 11) is 1.44. The number of nitrogens with zero attached hydrogens (tertiary/aromatic N) is 1. The Hall–Kier alpha value is -4.81. The summed E-state index contributed by atoms with van der Waals surface area (Å²) in [5, 5.41) is 14.8. The van der Waals surface area contributed by atoms with Crippen LogP contribution in [0.2, 0.25) is 0 Å². The van der Waals surface area contributed by atoms with Gasteiger partial charge >= 0.3 is 23.9 Å². The highest BCUT2D eigenvalue weighted by molar-refractivity contribution is 5.98. The zero-order chi connectivity index (χ0) is 37.6. The molecule has 3 aromatic rings. The van der Waals surface area contributed by atoms with Gasteiger partial charge in [-0.1, -0.05) is 45.0 Å². The summed E-state index contributed by atoms with van der Waals surface area (Å²) < 4.78 is 43.6. The van der Waals surface area contributed by atoms with Crippen molar-refractivity contribution < 1.29 is 57.2 Å². The molecule has 0 amide bonds. The number of methoxy groups -OCH3 is 1. The maximum atomic E-state index is 14.7. The van der Waals surface area contributed by atoms with Crippen LogP contribution in [0.5, 0.6) is 11.5 Å². The number of ether oxygens (including phenoxy) is 6. The molecule has 4 fully saturated rings. The molecule has 1 aromatic heterocycles. The van der Waals surface area contributed by atoms with Crippen LogP contribution in [0.1, 0.15) is 92.7 Å². The van der Waals surface area contributed by atoms with Crippen LogP contribution in [0.3, 0.4) is 0 Å². The average Bonchev–Trinajstić information content (AvgIpc) is 3.55. The molecule has 4 bridgehead atoms. The molecule has 1 N–H and O–H groups in total. The van der Waals surface area contributed by atoms with Crippen LogP contribution in [0, 0.1) is 21.7 Å². The van der Waals surface area contributed by atoms with Crippen molar-refractivity contribution in [3.05, 3.63) is 41.3 Å². The lowest BCUT2D eigenvalue weighted by molar-refractivity contribution is -0.217. The van der Waals surface area contributed by atoms with Crippen molar-refractivity contribution in [3.8, 4) is 11.5 Å². The van der Waals surface area contributed by atoms with Gasteiger partial charge < -0.3 is 38.0 Å². The predicted molar refractivity (Wildman–Crippen MR) is 181 cm³/mol. The molecule has 2 saturated heterocycles. The van der Waals surface area contributed by atoms with E-state index in [1.165, 1.54) is 7.11 Å². The normalized spacial score (nSPS) is 34.8. The number of para-hydroxylation sites is 1. The summed E-state index contributed by atoms with van der Waals surface area (Å²) in [6.07, 6.45) is -1.49. The second-order valence-corrected chi connectivity index (χ2v) is 16.9. The largest absolute Gasteiger partial charge is 0.496 e. The highest BCUT2D eigenvalue weighted by Gasteiger charge is 2.78. The van der Waals surface area contributed by atoms with E-state index in [9.17, 15) is 24.4 Å². The lowest BCUT2D eigenvalue weighted by Crippen LogP contribution is -2.57. The molecule has 2 saturated carbocycles. The highest BCUT2D eigenvalue weighted by atomic mass is 16.7. The first-order chi connectivity index (χ1) is 24.3. The van der Waals surface area contributed by atoms with Gasteiger partial charge in [-0.15, -0.1) is 0 Å². The molecule has 6 atom stereocenters. The van der Waals surface area contributed by atoms with Crippen molar-refractivity contribution >= 4 is 45.8 Å². The van der Waals surface area contributed by atoms with Crippen molar-refractivity contribution in [1.29, 1.82) is 0 Å². The summed E-state index contributed by atoms with van der Waals surface area (Å²) in [5.74, 6) is -2.16. The van der Waals surface area contributed by atoms with Gasteiger partial charge in [0.05, 0.1) is 28.9 Å². The standard InChI is InChI=1S/C39H43NO12/c1-33(2)28(49-32(44)39-17-15-37(8,30(42)52-39)35(39,5)6)27(48-31(43)38-16-14-36(7,29(41)51-38)34(38,3)4)24-22(50-33)18-21(46-9)23-25(40-45)19-12-10-11-13-20(19)47-26(23)24/h10-13,18,27-28,45H,14-17H2,1-9H3/b40-25+/t27-,28-,36+,37+,38-,39-/m1/s1. The highest BCUT2D eigenvalue weighted by Crippen LogP contribution is 2.68. The SMILES string of the molecule is COc1cc2c(c3oc4ccccc4/c(=N\O)c13)[C@@H](OC(=O)[C@@]13CC[C@@](C)(C(=O)O1)C3(C)C)[C@@H](OC(=O)[C@@]13CC[C@@](C)(C(=O)O1)C3(C)C)C(C)(C)O2. The molecule has 3 aliphatic heterocycles. The maximum absolute atomic E-state index is 14.7. The van der Waals surface area contributed by atoms with Gasteiger partial charge in [-0.3, -0.25) is 9.59 Å². The Morgan fingerprint density at radius 2 is 1.37 bits per heavy atom. The molecule has 2 aliphatic carbocycles. The summed E-state index contributed by atoms with van der Waals surface area (Å²) in [6, 6.07) is 8.50. The number of hydrogen-bond acceptors (Lipinski definition) is 13. The molecule has 52 heavy (non-hydrogen) atoms. The van der Waals surface area contributed by atoms with Crippen LogP contribution < -0.4 is 14.8 Å². The van der Waals surface area contributed by atoms with Gasteiger partial charge in [0, 0.05) is 22.3 Å². The average molecular weight is 718 g/mol. The summed E-state index contributed by atoms with van der Waals surface area (Å²) >= 11 is 0. The van der Waals surface area contributed by atoms with E-state index in [-0.39, 0.29) is 46.2 Å². The second kappa shape index (κ2) is 10.2. The number of benzene rings is 2. The molecule has 13 nitrogen and oxygen atoms in total. The maximum Gasteiger partial charge on any atom is 0.351 e. The minimum atomic E-state index is -1.64. The minimum Gasteiger partial charge on any atom is -0.496 e. The van der Waals surface area contributed by atoms with Crippen molar-refractivity contribution in [1.82, 2.24) is 0 Å². The molecule has 0 radical (unpaired) electrons. The molecular weight excluding hydrogens is 674 g/mol. The molecular formula is C39H43NO12. The molecule has 13 heteroatoms. The van der Waals surface area contributed by atoms with Crippen LogP contribution in [-0.4, -0.2) is 59.1 Å². The molecule has 0 unspecified atom stereocenters. The fraction of sp³-hybridized carbons (Fsp3) is 0.564. The fourth-order valence-corrected chi connectivity index (χ4v) is 9.58. The van der Waals surface area contributed by atoms with Gasteiger partial charge in [0.1, 0.15) is 28.0 Å². The van der Waals surface area contributed by atoms with E-state index >= 15 is 0 Å². The topological polar surface area (TPSA) is 169 Å². The zero-order valence-corrected chi connectivity index (χ0v) is 30.8. The van der Waals surface area contributed by atoms with Gasteiger partial charge in [-0.25, -0.2) is 9.59 Å². The monoisotopic (exact) mass is 717 g/mol. The summed E-state index contributed by atoms with van der Waals surface area (Å²) in [4.78, 5) is 55.7. The third kappa shape index (κ3) is 3.76. The van der Waals surface area contributed by atoms with E-state index in [1.807, 2.05) is 27.7 Å². The van der Waals surface area contributed by atoms with E-state index in [0.29, 0.717) is 23.8 Å². The van der Waals surface area contributed by atoms with Crippen LogP contribution in [0.25, 0.3) is 21.9 Å². The number of esters is 4. The molecule has 2 aromatic carbocycles. The first kappa shape index (κ1) is 34.3. The van der Waals surface area contributed by atoms with Gasteiger partial charge in [0.25, 0.3) is 0 Å². The lowest BCUT2D eigenvalue weighted by atomic mass is 9.66. The first-order valence-corrected chi connectivity index (χ1v) is 17.6. The van der Waals surface area contributed by atoms with Gasteiger partial charge in [-0.2, -0.15) is 0 Å². The Kier molecular flexibility index (Phi) is 6.72. The molecule has 276 valence electrons. The molecule has 0 spiro atoms. The van der Waals surface area contributed by atoms with E-state index in [4.69, 9.17) is 32.8 Å². The van der Waals surface area contributed by atoms with Crippen LogP contribution in [0.15, 0.2) is 39.9 Å². The Bertz CT molecular complexity index is 2220. The Morgan fingerprint density at radius 3 is 1.87 bits per heavy atom. The van der Waals surface area contributed by atoms with Crippen molar-refractivity contribution in [3.63, 3.8) is 0 Å². The number of rotatable bonds is 5. The predicted octanol–water partition coefficient (Wildman–Crippen LogP) is 5.80. The van der Waals surface area contributed by atoms with E-state index in [0.717, 1.165) is 0 Å². The van der Waals surface area contributed by atoms with Crippen LogP contribution >= 0.6 is 0 Å². The Balaban J connectivity index is 1.34. The third-order valence-electron chi connectivity index (χ3n) is 14.1. The van der Waals surface area contributed by atoms with Gasteiger partial charge in [0.2, 0.25) is 11.2 Å². The first-order valence-electron chi connectivity index (χ1n) is 17.6. The number of fused-ring (bicyclic) bond motifs is 8. The summed E-state index contributed by atoms with van der Waals surface area (Å²) in [6.45, 7) is 14.2. The molecule has 4 heterocycles. The van der Waals surface area contributed by atoms with Crippen molar-refractivity contribution in [2.75, 3.05) is 7.11 Å². The summed E-state index contributed by atoms with van der Waals surface area (Å²) in [5.41, 5.74) is -7.74. The number of hydrogen-bond donors (Lipinski definition) is 1. The van der Waals surface area contributed by atoms with Gasteiger partial charge in [-0.05, 0) is 65.5 Å². The Labute approximate surface area is 299 Å². The van der Waals surface area contributed by atoms with E-state index < -0.39 is 74.5 Å². The van der Waals surface area contributed by atoms with Gasteiger partial charge in [0.15, 0.2) is 17.8 Å². The van der Waals surface area contributed by atoms with Crippen LogP contribution in [-0.2, 0) is 38.1 Å². The quantitative estimate of drug-likeness (QED) is 0.111. The van der Waals surface area contributed by atoms with Crippen molar-refractivity contribution in [2.24, 2.45) is 26.8 Å². The second-order valence-electron chi connectivity index (χ2n) is 16.9. The molecule has 5 aliphatic rings. The fourth-order valence-electron chi connectivity index (χ4n) is 9.58. The zero-order valence-electron chi connectivity index (χ0n) is 30.8. The van der Waals surface area contributed by atoms with Crippen molar-refractivity contribution in [2.45, 2.75) is 110 Å². The Morgan fingerprint density at radius 1 is 0.808 bits per heavy atom. The third-order valence-corrected chi connectivity index (χ3v) is 14.1. The molecule has 8 rings (SSSR count). The number of carbonyl (C=O) groups excluding carboxylic acids is 4. The lowest BCUT2D eigenvalue weighted by Gasteiger charge is -2.46.